The number of nitrogens with two attached hydrogens (primary N) is 1. The number of aryl methyl sites for hydroxylation is 1. The summed E-state index contributed by atoms with van der Waals surface area (Å²) >= 11 is 5.92. The molecule has 0 aliphatic rings. The number of halogens is 1. The largest absolute Gasteiger partial charge is 0.370 e. The lowest BCUT2D eigenvalue weighted by atomic mass is 10.1. The highest BCUT2D eigenvalue weighted by molar-refractivity contribution is 6.30. The highest BCUT2D eigenvalue weighted by Gasteiger charge is 2.00. The Morgan fingerprint density at radius 1 is 1.50 bits per heavy atom. The van der Waals surface area contributed by atoms with Crippen LogP contribution in [0.1, 0.15) is 12.5 Å². The topological polar surface area (TPSA) is 62.4 Å². The quantitative estimate of drug-likeness (QED) is 0.427. The minimum atomic E-state index is 0.416. The molecule has 1 aromatic carbocycles. The number of benzene rings is 1. The number of hydrogen-bond donors (Lipinski definition) is 3. The molecule has 0 aliphatic heterocycles. The molecule has 0 saturated heterocycles. The van der Waals surface area contributed by atoms with Crippen LogP contribution in [0.4, 0.5) is 5.69 Å². The molecule has 1 aromatic rings. The second-order valence-corrected chi connectivity index (χ2v) is 3.73. The van der Waals surface area contributed by atoms with E-state index in [1.807, 2.05) is 18.2 Å². The Morgan fingerprint density at radius 3 is 2.88 bits per heavy atom. The Morgan fingerprint density at radius 2 is 2.25 bits per heavy atom. The first kappa shape index (κ1) is 12.6. The number of aliphatic imine (C=N–C) groups is 1. The van der Waals surface area contributed by atoms with Crippen molar-refractivity contribution in [1.29, 1.82) is 0 Å². The van der Waals surface area contributed by atoms with Gasteiger partial charge >= 0.3 is 0 Å². The van der Waals surface area contributed by atoms with Crippen molar-refractivity contribution in [3.63, 3.8) is 0 Å². The second kappa shape index (κ2) is 6.23. The zero-order valence-corrected chi connectivity index (χ0v) is 10.3. The van der Waals surface area contributed by atoms with Gasteiger partial charge in [-0.2, -0.15) is 0 Å². The van der Waals surface area contributed by atoms with Crippen LogP contribution in [0, 0.1) is 0 Å². The van der Waals surface area contributed by atoms with Crippen molar-refractivity contribution < 1.29 is 0 Å². The summed E-state index contributed by atoms with van der Waals surface area (Å²) < 4.78 is 0. The van der Waals surface area contributed by atoms with Crippen LogP contribution in [0.15, 0.2) is 23.2 Å². The maximum absolute atomic E-state index is 5.92. The molecule has 4 N–H and O–H groups in total. The summed E-state index contributed by atoms with van der Waals surface area (Å²) in [7, 11) is 1.64. The summed E-state index contributed by atoms with van der Waals surface area (Å²) in [5, 5.41) is 6.91. The molecule has 5 heteroatoms. The molecule has 16 heavy (non-hydrogen) atoms. The number of rotatable bonds is 4. The van der Waals surface area contributed by atoms with E-state index in [0.717, 1.165) is 17.1 Å². The van der Waals surface area contributed by atoms with Gasteiger partial charge in [-0.15, -0.1) is 0 Å². The van der Waals surface area contributed by atoms with E-state index in [2.05, 4.69) is 22.5 Å². The SMILES string of the molecule is CCc1cc(Cl)ccc1NCNC(N)=NC. The molecule has 4 nitrogen and oxygen atoms in total. The van der Waals surface area contributed by atoms with Crippen molar-refractivity contribution in [1.82, 2.24) is 5.32 Å². The average Bonchev–Trinajstić information content (AvgIpc) is 2.30. The van der Waals surface area contributed by atoms with Crippen LogP contribution < -0.4 is 16.4 Å². The van der Waals surface area contributed by atoms with Crippen molar-refractivity contribution in [3.05, 3.63) is 28.8 Å². The molecule has 0 aliphatic carbocycles. The minimum absolute atomic E-state index is 0.416. The van der Waals surface area contributed by atoms with E-state index in [0.29, 0.717) is 12.6 Å². The van der Waals surface area contributed by atoms with E-state index in [1.165, 1.54) is 5.56 Å². The lowest BCUT2D eigenvalue weighted by Gasteiger charge is -2.12. The van der Waals surface area contributed by atoms with E-state index >= 15 is 0 Å². The Labute approximate surface area is 101 Å². The number of hydrogen-bond acceptors (Lipinski definition) is 2. The van der Waals surface area contributed by atoms with Gasteiger partial charge in [0.25, 0.3) is 0 Å². The summed E-state index contributed by atoms with van der Waals surface area (Å²) in [5.74, 6) is 0.416. The van der Waals surface area contributed by atoms with Crippen LogP contribution >= 0.6 is 11.6 Å². The van der Waals surface area contributed by atoms with Gasteiger partial charge in [0.05, 0.1) is 6.67 Å². The molecule has 0 bridgehead atoms. The van der Waals surface area contributed by atoms with Crippen molar-refractivity contribution in [2.24, 2.45) is 10.7 Å². The van der Waals surface area contributed by atoms with Crippen molar-refractivity contribution in [2.45, 2.75) is 13.3 Å². The van der Waals surface area contributed by atoms with Crippen LogP contribution in [0.3, 0.4) is 0 Å². The van der Waals surface area contributed by atoms with Gasteiger partial charge in [0.1, 0.15) is 0 Å². The fourth-order valence-electron chi connectivity index (χ4n) is 1.34. The maximum Gasteiger partial charge on any atom is 0.189 e. The van der Waals surface area contributed by atoms with Gasteiger partial charge in [0, 0.05) is 17.8 Å². The summed E-state index contributed by atoms with van der Waals surface area (Å²) in [6, 6.07) is 5.78. The number of nitrogens with one attached hydrogen (secondary N) is 2. The Bertz CT molecular complexity index is 376. The van der Waals surface area contributed by atoms with E-state index in [-0.39, 0.29) is 0 Å². The lowest BCUT2D eigenvalue weighted by molar-refractivity contribution is 0.954. The van der Waals surface area contributed by atoms with Crippen LogP contribution in [-0.2, 0) is 6.42 Å². The molecular weight excluding hydrogens is 224 g/mol. The third-order valence-electron chi connectivity index (χ3n) is 2.24. The molecule has 0 heterocycles. The fourth-order valence-corrected chi connectivity index (χ4v) is 1.53. The third kappa shape index (κ3) is 3.62. The Kier molecular flexibility index (Phi) is 4.92. The first-order valence-electron chi connectivity index (χ1n) is 5.15. The molecule has 0 atom stereocenters. The standard InChI is InChI=1S/C11H17ClN4/c1-3-8-6-9(12)4-5-10(8)15-7-16-11(13)14-2/h4-6,15H,3,7H2,1-2H3,(H3,13,14,16). The third-order valence-corrected chi connectivity index (χ3v) is 2.47. The van der Waals surface area contributed by atoms with Gasteiger partial charge in [0.15, 0.2) is 5.96 Å². The van der Waals surface area contributed by atoms with E-state index in [9.17, 15) is 0 Å². The van der Waals surface area contributed by atoms with Crippen LogP contribution in [0.25, 0.3) is 0 Å². The first-order chi connectivity index (χ1) is 7.67. The summed E-state index contributed by atoms with van der Waals surface area (Å²) in [6.07, 6.45) is 0.931. The smallest absolute Gasteiger partial charge is 0.189 e. The van der Waals surface area contributed by atoms with Crippen molar-refractivity contribution in [2.75, 3.05) is 19.0 Å². The Balaban J connectivity index is 2.60. The molecule has 0 fully saturated rings. The minimum Gasteiger partial charge on any atom is -0.370 e. The van der Waals surface area contributed by atoms with E-state index in [4.69, 9.17) is 17.3 Å². The van der Waals surface area contributed by atoms with E-state index in [1.54, 1.807) is 7.05 Å². The van der Waals surface area contributed by atoms with Gasteiger partial charge in [-0.3, -0.25) is 4.99 Å². The number of nitrogens with zero attached hydrogens (tertiary/aromatic N) is 1. The average molecular weight is 241 g/mol. The summed E-state index contributed by atoms with van der Waals surface area (Å²) in [4.78, 5) is 3.80. The predicted octanol–water partition coefficient (Wildman–Crippen LogP) is 1.81. The molecular formula is C11H17ClN4. The zero-order valence-electron chi connectivity index (χ0n) is 9.55. The van der Waals surface area contributed by atoms with Gasteiger partial charge < -0.3 is 16.4 Å². The molecule has 0 aromatic heterocycles. The molecule has 0 saturated carbocycles. The number of guanidine groups is 1. The zero-order chi connectivity index (χ0) is 12.0. The second-order valence-electron chi connectivity index (χ2n) is 3.29. The van der Waals surface area contributed by atoms with Gasteiger partial charge in [-0.1, -0.05) is 18.5 Å². The molecule has 0 radical (unpaired) electrons. The molecule has 0 unspecified atom stereocenters. The molecule has 0 amide bonds. The highest BCUT2D eigenvalue weighted by Crippen LogP contribution is 2.20. The van der Waals surface area contributed by atoms with Crippen LogP contribution in [0.2, 0.25) is 5.02 Å². The van der Waals surface area contributed by atoms with Crippen LogP contribution in [0.5, 0.6) is 0 Å². The normalized spacial score (nSPS) is 11.3. The monoisotopic (exact) mass is 240 g/mol. The number of anilines is 1. The maximum atomic E-state index is 5.92. The van der Waals surface area contributed by atoms with Gasteiger partial charge in [-0.25, -0.2) is 0 Å². The van der Waals surface area contributed by atoms with Gasteiger partial charge in [-0.05, 0) is 30.2 Å². The van der Waals surface area contributed by atoms with Gasteiger partial charge in [0.2, 0.25) is 0 Å². The highest BCUT2D eigenvalue weighted by atomic mass is 35.5. The van der Waals surface area contributed by atoms with E-state index < -0.39 is 0 Å². The molecule has 0 spiro atoms. The Hall–Kier alpha value is -1.42. The van der Waals surface area contributed by atoms with Crippen molar-refractivity contribution in [3.8, 4) is 0 Å². The molecule has 88 valence electrons. The molecule has 1 rings (SSSR count). The van der Waals surface area contributed by atoms with Crippen LogP contribution in [-0.4, -0.2) is 19.7 Å². The summed E-state index contributed by atoms with van der Waals surface area (Å²) in [5.41, 5.74) is 7.75. The van der Waals surface area contributed by atoms with Crippen molar-refractivity contribution >= 4 is 23.2 Å². The first-order valence-corrected chi connectivity index (χ1v) is 5.53. The predicted molar refractivity (Wildman–Crippen MR) is 70.0 cm³/mol. The fraction of sp³-hybridized carbons (Fsp3) is 0.364. The summed E-state index contributed by atoms with van der Waals surface area (Å²) in [6.45, 7) is 2.63. The lowest BCUT2D eigenvalue weighted by Crippen LogP contribution is -2.35.